The van der Waals surface area contributed by atoms with Gasteiger partial charge in [-0.2, -0.15) is 0 Å². The zero-order valence-corrected chi connectivity index (χ0v) is 19.5. The molecule has 3 aromatic carbocycles. The maximum absolute atomic E-state index is 14.8. The molecule has 0 saturated heterocycles. The lowest BCUT2D eigenvalue weighted by Crippen LogP contribution is -2.16. The normalized spacial score (nSPS) is 17.6. The Kier molecular flexibility index (Phi) is 7.59. The van der Waals surface area contributed by atoms with Gasteiger partial charge >= 0.3 is 5.97 Å². The van der Waals surface area contributed by atoms with E-state index in [1.54, 1.807) is 31.2 Å². The monoisotopic (exact) mass is 480 g/mol. The van der Waals surface area contributed by atoms with Gasteiger partial charge in [0.1, 0.15) is 5.75 Å². The first-order valence-corrected chi connectivity index (χ1v) is 11.8. The highest BCUT2D eigenvalue weighted by Gasteiger charge is 2.27. The van der Waals surface area contributed by atoms with Crippen LogP contribution in [0, 0.1) is 23.4 Å². The summed E-state index contributed by atoms with van der Waals surface area (Å²) in [5, 5.41) is 0. The van der Waals surface area contributed by atoms with E-state index in [-0.39, 0.29) is 17.4 Å². The van der Waals surface area contributed by atoms with Crippen molar-refractivity contribution < 1.29 is 27.4 Å². The summed E-state index contributed by atoms with van der Waals surface area (Å²) in [4.78, 5) is 12.6. The maximum Gasteiger partial charge on any atom is 0.346 e. The summed E-state index contributed by atoms with van der Waals surface area (Å²) < 4.78 is 54.2. The summed E-state index contributed by atoms with van der Waals surface area (Å²) >= 11 is 0. The number of carbonyl (C=O) groups excluding carboxylic acids is 1. The fourth-order valence-electron chi connectivity index (χ4n) is 4.53. The maximum atomic E-state index is 14.8. The zero-order valence-electron chi connectivity index (χ0n) is 19.5. The van der Waals surface area contributed by atoms with Crippen molar-refractivity contribution in [2.45, 2.75) is 38.5 Å². The minimum atomic E-state index is -1.19. The number of hydrogen-bond donors (Lipinski definition) is 0. The number of halogens is 3. The van der Waals surface area contributed by atoms with Crippen molar-refractivity contribution in [3.8, 4) is 22.6 Å². The molecule has 0 unspecified atom stereocenters. The van der Waals surface area contributed by atoms with Gasteiger partial charge in [0.25, 0.3) is 0 Å². The molecule has 0 spiro atoms. The fourth-order valence-corrected chi connectivity index (χ4v) is 4.53. The summed E-state index contributed by atoms with van der Waals surface area (Å²) in [6.07, 6.45) is 5.19. The van der Waals surface area contributed by atoms with Gasteiger partial charge in [0.05, 0.1) is 12.2 Å². The van der Waals surface area contributed by atoms with Crippen LogP contribution in [0.25, 0.3) is 11.1 Å². The quantitative estimate of drug-likeness (QED) is 0.196. The van der Waals surface area contributed by atoms with Gasteiger partial charge in [0, 0.05) is 0 Å². The third-order valence-corrected chi connectivity index (χ3v) is 6.51. The first-order chi connectivity index (χ1) is 16.9. The molecule has 1 fully saturated rings. The summed E-state index contributed by atoms with van der Waals surface area (Å²) in [5.41, 5.74) is 1.16. The van der Waals surface area contributed by atoms with Crippen molar-refractivity contribution in [2.24, 2.45) is 5.92 Å². The van der Waals surface area contributed by atoms with E-state index < -0.39 is 29.0 Å². The first kappa shape index (κ1) is 24.6. The topological polar surface area (TPSA) is 35.5 Å². The molecule has 0 radical (unpaired) electrons. The lowest BCUT2D eigenvalue weighted by atomic mass is 9.78. The molecule has 3 nitrogen and oxygen atoms in total. The number of hydrogen-bond acceptors (Lipinski definition) is 3. The van der Waals surface area contributed by atoms with Crippen molar-refractivity contribution in [3.63, 3.8) is 0 Å². The van der Waals surface area contributed by atoms with Gasteiger partial charge in [-0.05, 0) is 91.5 Å². The predicted molar refractivity (Wildman–Crippen MR) is 129 cm³/mol. The van der Waals surface area contributed by atoms with Crippen LogP contribution in [-0.4, -0.2) is 12.6 Å². The van der Waals surface area contributed by atoms with Crippen molar-refractivity contribution in [1.29, 1.82) is 0 Å². The van der Waals surface area contributed by atoms with Crippen molar-refractivity contribution in [2.75, 3.05) is 6.61 Å². The second-order valence-corrected chi connectivity index (χ2v) is 8.67. The zero-order chi connectivity index (χ0) is 24.9. The second kappa shape index (κ2) is 10.8. The Balaban J connectivity index is 1.45. The molecule has 0 heterocycles. The van der Waals surface area contributed by atoms with Gasteiger partial charge in [-0.3, -0.25) is 0 Å². The summed E-state index contributed by atoms with van der Waals surface area (Å²) in [7, 11) is 0. The average molecular weight is 481 g/mol. The molecule has 0 amide bonds. The Morgan fingerprint density at radius 2 is 1.63 bits per heavy atom. The molecule has 0 N–H and O–H groups in total. The molecule has 0 aliphatic heterocycles. The highest BCUT2D eigenvalue weighted by atomic mass is 19.2. The van der Waals surface area contributed by atoms with Gasteiger partial charge < -0.3 is 9.47 Å². The first-order valence-electron chi connectivity index (χ1n) is 11.8. The number of allylic oxidation sites excluding steroid dienone is 1. The third-order valence-electron chi connectivity index (χ3n) is 6.51. The molecule has 1 aliphatic carbocycles. The Morgan fingerprint density at radius 3 is 2.26 bits per heavy atom. The standard InChI is InChI=1S/C29H27F3O3/c1-3-18-5-7-20(8-6-18)23-14-15-24(28(32)27(23)31)29(33)35-22-12-9-19(10-13-22)21-11-16-26(34-4-2)25(30)17-21/h3,9-18,20H,1,4-8H2,2H3. The molecule has 0 atom stereocenters. The van der Waals surface area contributed by atoms with Gasteiger partial charge in [-0.1, -0.05) is 30.3 Å². The lowest BCUT2D eigenvalue weighted by molar-refractivity contribution is 0.0728. The third kappa shape index (κ3) is 5.42. The highest BCUT2D eigenvalue weighted by Crippen LogP contribution is 2.38. The van der Waals surface area contributed by atoms with Gasteiger partial charge in [-0.25, -0.2) is 18.0 Å². The summed E-state index contributed by atoms with van der Waals surface area (Å²) in [5.74, 6) is -2.98. The van der Waals surface area contributed by atoms with E-state index >= 15 is 0 Å². The van der Waals surface area contributed by atoms with Crippen LogP contribution in [0.4, 0.5) is 13.2 Å². The van der Waals surface area contributed by atoms with E-state index in [1.165, 1.54) is 30.3 Å². The van der Waals surface area contributed by atoms with Crippen LogP contribution in [0.1, 0.15) is 54.4 Å². The van der Waals surface area contributed by atoms with Gasteiger partial charge in [0.2, 0.25) is 0 Å². The molecular formula is C29H27F3O3. The molecule has 1 saturated carbocycles. The number of esters is 1. The summed E-state index contributed by atoms with van der Waals surface area (Å²) in [6, 6.07) is 13.7. The van der Waals surface area contributed by atoms with E-state index in [4.69, 9.17) is 9.47 Å². The Bertz CT molecular complexity index is 1210. The van der Waals surface area contributed by atoms with Gasteiger partial charge in [-0.15, -0.1) is 6.58 Å². The Hall–Kier alpha value is -3.54. The number of rotatable bonds is 7. The smallest absolute Gasteiger partial charge is 0.346 e. The summed E-state index contributed by atoms with van der Waals surface area (Å²) in [6.45, 7) is 5.94. The number of ether oxygens (including phenoxy) is 2. The van der Waals surface area contributed by atoms with E-state index in [0.29, 0.717) is 29.2 Å². The van der Waals surface area contributed by atoms with E-state index in [9.17, 15) is 18.0 Å². The second-order valence-electron chi connectivity index (χ2n) is 8.67. The largest absolute Gasteiger partial charge is 0.491 e. The number of carbonyl (C=O) groups is 1. The van der Waals surface area contributed by atoms with E-state index in [1.807, 2.05) is 6.08 Å². The highest BCUT2D eigenvalue weighted by molar-refractivity contribution is 5.91. The minimum Gasteiger partial charge on any atom is -0.491 e. The van der Waals surface area contributed by atoms with Gasteiger partial charge in [0.15, 0.2) is 23.2 Å². The van der Waals surface area contributed by atoms with Crippen LogP contribution in [0.2, 0.25) is 0 Å². The fraction of sp³-hybridized carbons (Fsp3) is 0.276. The molecule has 1 aliphatic rings. The SMILES string of the molecule is C=CC1CCC(c2ccc(C(=O)Oc3ccc(-c4ccc(OCC)c(F)c4)cc3)c(F)c2F)CC1. The van der Waals surface area contributed by atoms with Crippen LogP contribution >= 0.6 is 0 Å². The molecule has 0 aromatic heterocycles. The van der Waals surface area contributed by atoms with Crippen molar-refractivity contribution >= 4 is 5.97 Å². The van der Waals surface area contributed by atoms with Crippen LogP contribution in [0.5, 0.6) is 11.5 Å². The van der Waals surface area contributed by atoms with Crippen LogP contribution < -0.4 is 9.47 Å². The molecule has 6 heteroatoms. The average Bonchev–Trinajstić information content (AvgIpc) is 2.87. The molecule has 35 heavy (non-hydrogen) atoms. The molecule has 0 bridgehead atoms. The van der Waals surface area contributed by atoms with Crippen LogP contribution in [0.3, 0.4) is 0 Å². The molecule has 3 aromatic rings. The van der Waals surface area contributed by atoms with E-state index in [0.717, 1.165) is 25.7 Å². The minimum absolute atomic E-state index is 0.0780. The Labute approximate surface area is 203 Å². The van der Waals surface area contributed by atoms with Crippen LogP contribution in [-0.2, 0) is 0 Å². The Morgan fingerprint density at radius 1 is 0.943 bits per heavy atom. The molecular weight excluding hydrogens is 453 g/mol. The van der Waals surface area contributed by atoms with Crippen molar-refractivity contribution in [1.82, 2.24) is 0 Å². The molecule has 4 rings (SSSR count). The number of benzene rings is 3. The van der Waals surface area contributed by atoms with Crippen molar-refractivity contribution in [3.05, 3.63) is 95.8 Å². The van der Waals surface area contributed by atoms with E-state index in [2.05, 4.69) is 6.58 Å². The predicted octanol–water partition coefficient (Wildman–Crippen LogP) is 7.85. The van der Waals surface area contributed by atoms with Crippen LogP contribution in [0.15, 0.2) is 67.3 Å². The lowest BCUT2D eigenvalue weighted by Gasteiger charge is -2.27. The molecule has 182 valence electrons.